The summed E-state index contributed by atoms with van der Waals surface area (Å²) in [5.41, 5.74) is 1.05. The van der Waals surface area contributed by atoms with Crippen molar-refractivity contribution >= 4 is 15.9 Å². The van der Waals surface area contributed by atoms with Crippen molar-refractivity contribution < 1.29 is 13.2 Å². The predicted octanol–water partition coefficient (Wildman–Crippen LogP) is 1.70. The molecule has 0 aliphatic carbocycles. The Labute approximate surface area is 156 Å². The van der Waals surface area contributed by atoms with Gasteiger partial charge < -0.3 is 9.80 Å². The number of benzene rings is 1. The second-order valence-electron chi connectivity index (χ2n) is 7.25. The van der Waals surface area contributed by atoms with E-state index in [1.165, 1.54) is 6.42 Å². The van der Waals surface area contributed by atoms with Crippen LogP contribution >= 0.6 is 0 Å². The van der Waals surface area contributed by atoms with Gasteiger partial charge in [-0.3, -0.25) is 4.79 Å². The smallest absolute Gasteiger partial charge is 0.243 e. The molecule has 3 rings (SSSR count). The zero-order valence-electron chi connectivity index (χ0n) is 15.6. The molecule has 0 saturated carbocycles. The van der Waals surface area contributed by atoms with Gasteiger partial charge in [0, 0.05) is 52.2 Å². The number of carbonyl (C=O) groups is 1. The lowest BCUT2D eigenvalue weighted by atomic mass is 10.1. The summed E-state index contributed by atoms with van der Waals surface area (Å²) in [6, 6.07) is 7.01. The third-order valence-corrected chi connectivity index (χ3v) is 7.25. The predicted molar refractivity (Wildman–Crippen MR) is 101 cm³/mol. The fourth-order valence-electron chi connectivity index (χ4n) is 3.61. The normalized spacial score (nSPS) is 20.3. The summed E-state index contributed by atoms with van der Waals surface area (Å²) in [6.07, 6.45) is 3.98. The fourth-order valence-corrected chi connectivity index (χ4v) is 5.03. The van der Waals surface area contributed by atoms with Crippen LogP contribution in [0.5, 0.6) is 0 Å². The lowest BCUT2D eigenvalue weighted by Gasteiger charge is -2.34. The molecule has 1 amide bonds. The summed E-state index contributed by atoms with van der Waals surface area (Å²) in [5.74, 6) is 0.236. The zero-order valence-corrected chi connectivity index (χ0v) is 16.4. The highest BCUT2D eigenvalue weighted by atomic mass is 32.2. The maximum absolute atomic E-state index is 12.7. The van der Waals surface area contributed by atoms with Gasteiger partial charge in [-0.15, -0.1) is 0 Å². The molecule has 2 fully saturated rings. The summed E-state index contributed by atoms with van der Waals surface area (Å²) in [4.78, 5) is 16.8. The van der Waals surface area contributed by atoms with E-state index in [0.29, 0.717) is 44.0 Å². The average Bonchev–Trinajstić information content (AvgIpc) is 2.67. The van der Waals surface area contributed by atoms with E-state index in [1.807, 2.05) is 24.0 Å². The largest absolute Gasteiger partial charge is 0.343 e. The molecule has 0 atom stereocenters. The molecule has 7 heteroatoms. The third kappa shape index (κ3) is 4.64. The van der Waals surface area contributed by atoms with Gasteiger partial charge in [0.15, 0.2) is 0 Å². The topological polar surface area (TPSA) is 60.9 Å². The van der Waals surface area contributed by atoms with Crippen LogP contribution < -0.4 is 0 Å². The van der Waals surface area contributed by atoms with E-state index < -0.39 is 10.0 Å². The van der Waals surface area contributed by atoms with Crippen molar-refractivity contribution in [2.75, 3.05) is 45.8 Å². The van der Waals surface area contributed by atoms with Crippen LogP contribution in [0.15, 0.2) is 29.2 Å². The Morgan fingerprint density at radius 3 is 2.15 bits per heavy atom. The summed E-state index contributed by atoms with van der Waals surface area (Å²) in [7, 11) is -3.42. The van der Waals surface area contributed by atoms with Gasteiger partial charge in [0.25, 0.3) is 0 Å². The fraction of sp³-hybridized carbons (Fsp3) is 0.632. The lowest BCUT2D eigenvalue weighted by molar-refractivity contribution is -0.132. The van der Waals surface area contributed by atoms with Crippen LogP contribution in [0.3, 0.4) is 0 Å². The minimum absolute atomic E-state index is 0.236. The number of aryl methyl sites for hydroxylation is 1. The van der Waals surface area contributed by atoms with Crippen molar-refractivity contribution in [3.8, 4) is 0 Å². The van der Waals surface area contributed by atoms with Gasteiger partial charge in [-0.1, -0.05) is 17.7 Å². The number of hydrogen-bond donors (Lipinski definition) is 0. The van der Waals surface area contributed by atoms with Crippen molar-refractivity contribution in [1.82, 2.24) is 14.1 Å². The Hall–Kier alpha value is -1.44. The number of likely N-dealkylation sites (tertiary alicyclic amines) is 1. The number of amides is 1. The van der Waals surface area contributed by atoms with Gasteiger partial charge in [0.2, 0.25) is 15.9 Å². The second-order valence-corrected chi connectivity index (χ2v) is 9.19. The first-order valence-electron chi connectivity index (χ1n) is 9.54. The molecule has 2 aliphatic rings. The van der Waals surface area contributed by atoms with Gasteiger partial charge in [-0.2, -0.15) is 4.31 Å². The summed E-state index contributed by atoms with van der Waals surface area (Å²) >= 11 is 0. The van der Waals surface area contributed by atoms with Crippen LogP contribution in [0.1, 0.15) is 31.2 Å². The number of piperidine rings is 1. The summed E-state index contributed by atoms with van der Waals surface area (Å²) in [6.45, 7) is 6.76. The first kappa shape index (κ1) is 19.3. The highest BCUT2D eigenvalue weighted by molar-refractivity contribution is 7.89. The molecule has 0 N–H and O–H groups in total. The average molecular weight is 380 g/mol. The van der Waals surface area contributed by atoms with Crippen molar-refractivity contribution in [3.05, 3.63) is 29.8 Å². The Bertz CT molecular complexity index is 704. The highest BCUT2D eigenvalue weighted by Gasteiger charge is 2.28. The Balaban J connectivity index is 1.47. The van der Waals surface area contributed by atoms with Crippen LogP contribution in [0.25, 0.3) is 0 Å². The second kappa shape index (κ2) is 8.50. The maximum Gasteiger partial charge on any atom is 0.243 e. The SMILES string of the molecule is Cc1ccc(S(=O)(=O)N2CCN(CCC(=O)N3CCCCC3)CC2)cc1. The van der Waals surface area contributed by atoms with E-state index in [-0.39, 0.29) is 5.91 Å². The van der Waals surface area contributed by atoms with Crippen molar-refractivity contribution in [2.24, 2.45) is 0 Å². The Kier molecular flexibility index (Phi) is 6.32. The minimum atomic E-state index is -3.42. The summed E-state index contributed by atoms with van der Waals surface area (Å²) in [5, 5.41) is 0. The van der Waals surface area contributed by atoms with E-state index in [0.717, 1.165) is 31.5 Å². The number of rotatable bonds is 5. The van der Waals surface area contributed by atoms with Crippen LogP contribution in [0.4, 0.5) is 0 Å². The summed E-state index contributed by atoms with van der Waals surface area (Å²) < 4.78 is 27.0. The monoisotopic (exact) mass is 379 g/mol. The molecule has 26 heavy (non-hydrogen) atoms. The van der Waals surface area contributed by atoms with Crippen LogP contribution in [-0.4, -0.2) is 74.2 Å². The van der Waals surface area contributed by atoms with Gasteiger partial charge in [-0.25, -0.2) is 8.42 Å². The molecule has 144 valence electrons. The molecule has 2 saturated heterocycles. The molecule has 0 aromatic heterocycles. The lowest BCUT2D eigenvalue weighted by Crippen LogP contribution is -2.49. The van der Waals surface area contributed by atoms with Crippen molar-refractivity contribution in [1.29, 1.82) is 0 Å². The number of hydrogen-bond acceptors (Lipinski definition) is 4. The molecule has 0 bridgehead atoms. The maximum atomic E-state index is 12.7. The molecule has 2 heterocycles. The van der Waals surface area contributed by atoms with E-state index in [2.05, 4.69) is 4.90 Å². The highest BCUT2D eigenvalue weighted by Crippen LogP contribution is 2.18. The Morgan fingerprint density at radius 2 is 1.54 bits per heavy atom. The molecule has 0 unspecified atom stereocenters. The van der Waals surface area contributed by atoms with Crippen LogP contribution in [0, 0.1) is 6.92 Å². The van der Waals surface area contributed by atoms with E-state index in [1.54, 1.807) is 16.4 Å². The molecule has 1 aromatic carbocycles. The van der Waals surface area contributed by atoms with Crippen molar-refractivity contribution in [3.63, 3.8) is 0 Å². The van der Waals surface area contributed by atoms with Gasteiger partial charge in [0.05, 0.1) is 4.90 Å². The van der Waals surface area contributed by atoms with Crippen molar-refractivity contribution in [2.45, 2.75) is 37.5 Å². The van der Waals surface area contributed by atoms with Crippen LogP contribution in [-0.2, 0) is 14.8 Å². The van der Waals surface area contributed by atoms with E-state index >= 15 is 0 Å². The molecule has 1 aromatic rings. The standard InChI is InChI=1S/C19H29N3O3S/c1-17-5-7-18(8-6-17)26(24,25)22-15-13-20(14-16-22)12-9-19(23)21-10-3-2-4-11-21/h5-8H,2-4,9-16H2,1H3. The van der Waals surface area contributed by atoms with Crippen LogP contribution in [0.2, 0.25) is 0 Å². The molecule has 0 radical (unpaired) electrons. The Morgan fingerprint density at radius 1 is 0.923 bits per heavy atom. The molecule has 2 aliphatic heterocycles. The number of nitrogens with zero attached hydrogens (tertiary/aromatic N) is 3. The molecular weight excluding hydrogens is 350 g/mol. The van der Waals surface area contributed by atoms with Gasteiger partial charge >= 0.3 is 0 Å². The molecule has 0 spiro atoms. The zero-order chi connectivity index (χ0) is 18.6. The molecular formula is C19H29N3O3S. The minimum Gasteiger partial charge on any atom is -0.343 e. The van der Waals surface area contributed by atoms with Gasteiger partial charge in [0.1, 0.15) is 0 Å². The third-order valence-electron chi connectivity index (χ3n) is 5.34. The number of piperazine rings is 1. The van der Waals surface area contributed by atoms with Gasteiger partial charge in [-0.05, 0) is 38.3 Å². The first-order valence-corrected chi connectivity index (χ1v) is 11.0. The quantitative estimate of drug-likeness (QED) is 0.781. The van der Waals surface area contributed by atoms with E-state index in [4.69, 9.17) is 0 Å². The molecule has 6 nitrogen and oxygen atoms in total. The van der Waals surface area contributed by atoms with E-state index in [9.17, 15) is 13.2 Å². The number of sulfonamides is 1. The number of carbonyl (C=O) groups excluding carboxylic acids is 1. The first-order chi connectivity index (χ1) is 12.5.